The molecule has 9 nitrogen and oxygen atoms in total. The van der Waals surface area contributed by atoms with E-state index in [1.807, 2.05) is 0 Å². The van der Waals surface area contributed by atoms with Crippen molar-refractivity contribution in [1.29, 1.82) is 0 Å². The minimum Gasteiger partial charge on any atom is -0.465 e. The average Bonchev–Trinajstić information content (AvgIpc) is 3.19. The summed E-state index contributed by atoms with van der Waals surface area (Å²) >= 11 is 0. The molecule has 0 bridgehead atoms. The van der Waals surface area contributed by atoms with Gasteiger partial charge in [-0.2, -0.15) is 8.42 Å². The van der Waals surface area contributed by atoms with E-state index in [4.69, 9.17) is 5.11 Å². The number of aliphatic hydroxyl groups is 1. The molecule has 1 amide bonds. The normalized spacial score (nSPS) is 30.3. The highest BCUT2D eigenvalue weighted by Crippen LogP contribution is 2.51. The van der Waals surface area contributed by atoms with E-state index in [0.29, 0.717) is 12.1 Å². The summed E-state index contributed by atoms with van der Waals surface area (Å²) in [6.07, 6.45) is -2.08. The van der Waals surface area contributed by atoms with Crippen molar-refractivity contribution in [3.63, 3.8) is 0 Å². The largest absolute Gasteiger partial charge is 0.465 e. The predicted molar refractivity (Wildman–Crippen MR) is 94.9 cm³/mol. The second kappa shape index (κ2) is 6.14. The maximum Gasteiger partial charge on any atom is 0.407 e. The van der Waals surface area contributed by atoms with Gasteiger partial charge in [0.2, 0.25) is 0 Å². The number of nitrogens with zero attached hydrogens (tertiary/aromatic N) is 4. The fourth-order valence-corrected chi connectivity index (χ4v) is 5.19. The first-order valence-electron chi connectivity index (χ1n) is 8.83. The van der Waals surface area contributed by atoms with Gasteiger partial charge in [-0.3, -0.25) is 0 Å². The minimum atomic E-state index is -3.99. The number of pyridine rings is 1. The third kappa shape index (κ3) is 2.94. The molecule has 2 aliphatic heterocycles. The van der Waals surface area contributed by atoms with E-state index in [1.165, 1.54) is 13.1 Å². The number of alkyl halides is 2. The number of aliphatic hydroxyl groups excluding tert-OH is 1. The molecule has 28 heavy (non-hydrogen) atoms. The number of piperidine rings is 1. The summed E-state index contributed by atoms with van der Waals surface area (Å²) in [6.45, 7) is -0.143. The van der Waals surface area contributed by atoms with Gasteiger partial charge in [0, 0.05) is 44.1 Å². The zero-order chi connectivity index (χ0) is 20.4. The molecule has 3 aliphatic rings. The Kier molecular flexibility index (Phi) is 4.20. The number of carboxylic acid groups (broad SMARTS) is 1. The summed E-state index contributed by atoms with van der Waals surface area (Å²) < 4.78 is 53.8. The number of halogens is 2. The molecule has 1 aliphatic carbocycles. The number of aromatic nitrogens is 1. The fraction of sp³-hybridized carbons (Fsp3) is 0.625. The maximum absolute atomic E-state index is 13.3. The zero-order valence-electron chi connectivity index (χ0n) is 15.0. The van der Waals surface area contributed by atoms with Crippen LogP contribution in [0.2, 0.25) is 0 Å². The van der Waals surface area contributed by atoms with Crippen LogP contribution in [0.3, 0.4) is 0 Å². The number of hydrogen-bond donors (Lipinski definition) is 2. The standard InChI is InChI=1S/C16H20F2N4O5S/c1-20-14-12(22(28(20,26)27)7-9-6-16(9,17)18)3-2-11(19-14)10-4-5-21(15(24)25)8-13(10)23/h2-3,9-10,13,23H,4-8H2,1H3,(H,24,25). The predicted octanol–water partition coefficient (Wildman–Crippen LogP) is 1.07. The maximum atomic E-state index is 13.3. The summed E-state index contributed by atoms with van der Waals surface area (Å²) in [6, 6.07) is 3.07. The lowest BCUT2D eigenvalue weighted by atomic mass is 9.90. The van der Waals surface area contributed by atoms with E-state index in [-0.39, 0.29) is 37.6 Å². The number of carbonyl (C=O) groups is 1. The SMILES string of the molecule is CN1c2nc(C3CCN(C(=O)O)CC3O)ccc2N(CC2CC2(F)F)S1(=O)=O. The Balaban J connectivity index is 1.60. The van der Waals surface area contributed by atoms with Crippen molar-refractivity contribution in [2.24, 2.45) is 5.92 Å². The quantitative estimate of drug-likeness (QED) is 0.759. The van der Waals surface area contributed by atoms with Gasteiger partial charge in [0.25, 0.3) is 5.92 Å². The van der Waals surface area contributed by atoms with Crippen LogP contribution in [0.4, 0.5) is 25.1 Å². The molecule has 154 valence electrons. The number of likely N-dealkylation sites (tertiary alicyclic amines) is 1. The van der Waals surface area contributed by atoms with Crippen LogP contribution in [-0.4, -0.2) is 73.3 Å². The molecular weight excluding hydrogens is 398 g/mol. The molecule has 2 fully saturated rings. The van der Waals surface area contributed by atoms with Gasteiger partial charge in [0.1, 0.15) is 0 Å². The van der Waals surface area contributed by atoms with Gasteiger partial charge in [0.05, 0.1) is 18.3 Å². The Hall–Kier alpha value is -2.21. The van der Waals surface area contributed by atoms with Crippen molar-refractivity contribution in [1.82, 2.24) is 9.88 Å². The third-order valence-electron chi connectivity index (χ3n) is 5.64. The number of anilines is 2. The monoisotopic (exact) mass is 418 g/mol. The smallest absolute Gasteiger partial charge is 0.407 e. The molecule has 4 rings (SSSR count). The molecule has 1 saturated carbocycles. The van der Waals surface area contributed by atoms with Crippen molar-refractivity contribution in [3.05, 3.63) is 17.8 Å². The first-order valence-corrected chi connectivity index (χ1v) is 10.2. The van der Waals surface area contributed by atoms with Gasteiger partial charge in [-0.25, -0.2) is 27.2 Å². The van der Waals surface area contributed by atoms with E-state index < -0.39 is 40.2 Å². The lowest BCUT2D eigenvalue weighted by Gasteiger charge is -2.34. The average molecular weight is 418 g/mol. The molecule has 2 N–H and O–H groups in total. The molecule has 1 aromatic heterocycles. The highest BCUT2D eigenvalue weighted by molar-refractivity contribution is 7.94. The molecule has 1 saturated heterocycles. The topological polar surface area (TPSA) is 114 Å². The Labute approximate surface area is 160 Å². The number of rotatable bonds is 3. The van der Waals surface area contributed by atoms with E-state index in [9.17, 15) is 27.1 Å². The Bertz CT molecular complexity index is 928. The first-order chi connectivity index (χ1) is 13.0. The van der Waals surface area contributed by atoms with E-state index >= 15 is 0 Å². The molecular formula is C16H20F2N4O5S. The van der Waals surface area contributed by atoms with E-state index in [2.05, 4.69) is 4.98 Å². The van der Waals surface area contributed by atoms with Crippen LogP contribution in [0.25, 0.3) is 0 Å². The highest BCUT2D eigenvalue weighted by atomic mass is 32.2. The van der Waals surface area contributed by atoms with Crippen LogP contribution in [0.15, 0.2) is 12.1 Å². The Morgan fingerprint density at radius 3 is 2.64 bits per heavy atom. The molecule has 0 spiro atoms. The van der Waals surface area contributed by atoms with E-state index in [1.54, 1.807) is 6.07 Å². The van der Waals surface area contributed by atoms with Gasteiger partial charge in [-0.15, -0.1) is 0 Å². The summed E-state index contributed by atoms with van der Waals surface area (Å²) in [5.41, 5.74) is 0.670. The molecule has 1 aromatic rings. The van der Waals surface area contributed by atoms with Gasteiger partial charge < -0.3 is 15.1 Å². The van der Waals surface area contributed by atoms with Crippen LogP contribution in [0, 0.1) is 5.92 Å². The number of β-amino-alcohol motifs (C(OH)–C–C–N with tert-alkyl or cyclic N) is 1. The van der Waals surface area contributed by atoms with Crippen LogP contribution in [0.5, 0.6) is 0 Å². The fourth-order valence-electron chi connectivity index (χ4n) is 3.78. The van der Waals surface area contributed by atoms with Crippen molar-refractivity contribution in [2.75, 3.05) is 35.3 Å². The Morgan fingerprint density at radius 2 is 2.07 bits per heavy atom. The minimum absolute atomic E-state index is 0.0597. The third-order valence-corrected chi connectivity index (χ3v) is 7.41. The van der Waals surface area contributed by atoms with Crippen LogP contribution >= 0.6 is 0 Å². The second-order valence-corrected chi connectivity index (χ2v) is 9.32. The second-order valence-electron chi connectivity index (χ2n) is 7.44. The summed E-state index contributed by atoms with van der Waals surface area (Å²) in [5, 5.41) is 19.4. The molecule has 3 unspecified atom stereocenters. The number of amides is 1. The molecule has 12 heteroatoms. The number of hydrogen-bond acceptors (Lipinski definition) is 5. The lowest BCUT2D eigenvalue weighted by Crippen LogP contribution is -2.45. The van der Waals surface area contributed by atoms with Crippen molar-refractivity contribution in [2.45, 2.75) is 30.8 Å². The van der Waals surface area contributed by atoms with Crippen LogP contribution < -0.4 is 8.61 Å². The highest BCUT2D eigenvalue weighted by Gasteiger charge is 2.59. The molecule has 3 heterocycles. The van der Waals surface area contributed by atoms with Gasteiger partial charge >= 0.3 is 16.3 Å². The van der Waals surface area contributed by atoms with Gasteiger partial charge in [-0.05, 0) is 18.6 Å². The zero-order valence-corrected chi connectivity index (χ0v) is 15.8. The molecule has 0 radical (unpaired) electrons. The van der Waals surface area contributed by atoms with Gasteiger partial charge in [0.15, 0.2) is 5.82 Å². The molecule has 3 atom stereocenters. The van der Waals surface area contributed by atoms with Crippen molar-refractivity contribution >= 4 is 27.8 Å². The summed E-state index contributed by atoms with van der Waals surface area (Å²) in [7, 11) is -2.68. The van der Waals surface area contributed by atoms with Crippen molar-refractivity contribution < 1.29 is 32.2 Å². The van der Waals surface area contributed by atoms with Crippen LogP contribution in [0.1, 0.15) is 24.5 Å². The Morgan fingerprint density at radius 1 is 1.39 bits per heavy atom. The summed E-state index contributed by atoms with van der Waals surface area (Å²) in [4.78, 5) is 16.5. The lowest BCUT2D eigenvalue weighted by molar-refractivity contribution is 0.0493. The van der Waals surface area contributed by atoms with Crippen molar-refractivity contribution in [3.8, 4) is 0 Å². The number of fused-ring (bicyclic) bond motifs is 1. The van der Waals surface area contributed by atoms with E-state index in [0.717, 1.165) is 13.5 Å². The van der Waals surface area contributed by atoms with Crippen LogP contribution in [-0.2, 0) is 10.2 Å². The van der Waals surface area contributed by atoms with Gasteiger partial charge in [-0.1, -0.05) is 0 Å². The molecule has 0 aromatic carbocycles. The first kappa shape index (κ1) is 19.1. The summed E-state index contributed by atoms with van der Waals surface area (Å²) in [5.74, 6) is -4.18.